The quantitative estimate of drug-likeness (QED) is 0.875. The number of nitrogens with zero attached hydrogens (tertiary/aromatic N) is 4. The Labute approximate surface area is 123 Å². The van der Waals surface area contributed by atoms with Gasteiger partial charge in [0.2, 0.25) is 10.0 Å². The van der Waals surface area contributed by atoms with Crippen LogP contribution in [0.5, 0.6) is 0 Å². The van der Waals surface area contributed by atoms with Crippen LogP contribution in [-0.2, 0) is 16.6 Å². The molecule has 1 aromatic carbocycles. The zero-order chi connectivity index (χ0) is 15.6. The molecule has 2 rings (SSSR count). The Morgan fingerprint density at radius 3 is 2.67 bits per heavy atom. The Morgan fingerprint density at radius 1 is 1.38 bits per heavy atom. The van der Waals surface area contributed by atoms with Crippen LogP contribution < -0.4 is 0 Å². The van der Waals surface area contributed by atoms with Crippen molar-refractivity contribution < 1.29 is 13.5 Å². The number of aromatic nitrogens is 3. The molecule has 21 heavy (non-hydrogen) atoms. The molecule has 1 unspecified atom stereocenters. The van der Waals surface area contributed by atoms with Crippen molar-refractivity contribution in [3.05, 3.63) is 41.7 Å². The van der Waals surface area contributed by atoms with E-state index in [1.54, 1.807) is 36.0 Å². The van der Waals surface area contributed by atoms with E-state index in [1.807, 2.05) is 6.07 Å². The first-order chi connectivity index (χ1) is 9.80. The average molecular weight is 310 g/mol. The molecule has 0 bridgehead atoms. The molecule has 0 aliphatic rings. The molecule has 114 valence electrons. The van der Waals surface area contributed by atoms with Gasteiger partial charge in [-0.2, -0.15) is 0 Å². The first kappa shape index (κ1) is 15.6. The fourth-order valence-electron chi connectivity index (χ4n) is 1.78. The Hall–Kier alpha value is -1.77. The van der Waals surface area contributed by atoms with E-state index in [0.29, 0.717) is 12.2 Å². The maximum Gasteiger partial charge on any atom is 0.242 e. The van der Waals surface area contributed by atoms with Crippen molar-refractivity contribution in [3.63, 3.8) is 0 Å². The minimum atomic E-state index is -3.45. The van der Waals surface area contributed by atoms with Crippen LogP contribution in [0, 0.1) is 0 Å². The van der Waals surface area contributed by atoms with Gasteiger partial charge in [-0.05, 0) is 24.6 Å². The van der Waals surface area contributed by atoms with Gasteiger partial charge in [0.15, 0.2) is 0 Å². The Bertz CT molecular complexity index is 723. The lowest BCUT2D eigenvalue weighted by Gasteiger charge is -2.12. The van der Waals surface area contributed by atoms with Gasteiger partial charge in [-0.3, -0.25) is 0 Å². The highest BCUT2D eigenvalue weighted by molar-refractivity contribution is 7.89. The minimum absolute atomic E-state index is 0.237. The Balaban J connectivity index is 2.25. The molecule has 2 aromatic rings. The van der Waals surface area contributed by atoms with Gasteiger partial charge in [0.1, 0.15) is 5.69 Å². The lowest BCUT2D eigenvalue weighted by atomic mass is 10.2. The summed E-state index contributed by atoms with van der Waals surface area (Å²) < 4.78 is 26.9. The van der Waals surface area contributed by atoms with Gasteiger partial charge in [-0.25, -0.2) is 17.4 Å². The highest BCUT2D eigenvalue weighted by Crippen LogP contribution is 2.16. The molecule has 0 amide bonds. The van der Waals surface area contributed by atoms with Crippen LogP contribution in [0.25, 0.3) is 0 Å². The number of benzene rings is 1. The van der Waals surface area contributed by atoms with E-state index in [9.17, 15) is 13.5 Å². The van der Waals surface area contributed by atoms with E-state index in [2.05, 4.69) is 10.3 Å². The Kier molecular flexibility index (Phi) is 4.40. The lowest BCUT2D eigenvalue weighted by Crippen LogP contribution is -2.22. The molecule has 1 heterocycles. The molecular formula is C13H18N4O3S. The van der Waals surface area contributed by atoms with Gasteiger partial charge < -0.3 is 5.11 Å². The molecule has 0 aliphatic carbocycles. The number of sulfonamides is 1. The normalized spacial score (nSPS) is 13.6. The van der Waals surface area contributed by atoms with Gasteiger partial charge in [-0.15, -0.1) is 5.10 Å². The van der Waals surface area contributed by atoms with Gasteiger partial charge in [-0.1, -0.05) is 17.3 Å². The monoisotopic (exact) mass is 310 g/mol. The van der Waals surface area contributed by atoms with Crippen molar-refractivity contribution in [2.24, 2.45) is 0 Å². The van der Waals surface area contributed by atoms with E-state index in [0.717, 1.165) is 5.56 Å². The summed E-state index contributed by atoms with van der Waals surface area (Å²) >= 11 is 0. The SMILES string of the molecule is CC(O)c1cn(Cc2cccc(S(=O)(=O)N(C)C)c2)nn1. The predicted molar refractivity (Wildman–Crippen MR) is 77.1 cm³/mol. The largest absolute Gasteiger partial charge is 0.387 e. The van der Waals surface area contributed by atoms with Crippen molar-refractivity contribution in [3.8, 4) is 0 Å². The maximum absolute atomic E-state index is 12.1. The standard InChI is InChI=1S/C13H18N4O3S/c1-10(18)13-9-17(15-14-13)8-11-5-4-6-12(7-11)21(19,20)16(2)3/h4-7,9-10,18H,8H2,1-3H3. The number of rotatable bonds is 5. The summed E-state index contributed by atoms with van der Waals surface area (Å²) in [5, 5.41) is 17.2. The third kappa shape index (κ3) is 3.46. The van der Waals surface area contributed by atoms with Gasteiger partial charge in [0.05, 0.1) is 23.7 Å². The Morgan fingerprint density at radius 2 is 2.10 bits per heavy atom. The molecule has 0 radical (unpaired) electrons. The average Bonchev–Trinajstić information content (AvgIpc) is 2.87. The number of aliphatic hydroxyl groups excluding tert-OH is 1. The molecule has 0 fully saturated rings. The maximum atomic E-state index is 12.1. The van der Waals surface area contributed by atoms with Crippen LogP contribution in [0.3, 0.4) is 0 Å². The van der Waals surface area contributed by atoms with Gasteiger partial charge in [0.25, 0.3) is 0 Å². The third-order valence-corrected chi connectivity index (χ3v) is 4.82. The second-order valence-corrected chi connectivity index (χ2v) is 7.10. The zero-order valence-electron chi connectivity index (χ0n) is 12.1. The van der Waals surface area contributed by atoms with Gasteiger partial charge in [0, 0.05) is 14.1 Å². The van der Waals surface area contributed by atoms with Crippen molar-refractivity contribution in [2.75, 3.05) is 14.1 Å². The van der Waals surface area contributed by atoms with Crippen LogP contribution in [0.2, 0.25) is 0 Å². The van der Waals surface area contributed by atoms with Crippen LogP contribution in [0.4, 0.5) is 0 Å². The zero-order valence-corrected chi connectivity index (χ0v) is 12.9. The second kappa shape index (κ2) is 5.92. The number of aliphatic hydroxyl groups is 1. The molecule has 0 aliphatic heterocycles. The molecule has 8 heteroatoms. The first-order valence-electron chi connectivity index (χ1n) is 6.40. The summed E-state index contributed by atoms with van der Waals surface area (Å²) in [6.07, 6.45) is 0.955. The molecule has 7 nitrogen and oxygen atoms in total. The molecule has 0 spiro atoms. The van der Waals surface area contributed by atoms with Crippen molar-refractivity contribution in [2.45, 2.75) is 24.5 Å². The fraction of sp³-hybridized carbons (Fsp3) is 0.385. The summed E-state index contributed by atoms with van der Waals surface area (Å²) in [5.74, 6) is 0. The van der Waals surface area contributed by atoms with Crippen LogP contribution >= 0.6 is 0 Å². The summed E-state index contributed by atoms with van der Waals surface area (Å²) in [5.41, 5.74) is 1.27. The smallest absolute Gasteiger partial charge is 0.242 e. The molecular weight excluding hydrogens is 292 g/mol. The van der Waals surface area contributed by atoms with Crippen molar-refractivity contribution >= 4 is 10.0 Å². The predicted octanol–water partition coefficient (Wildman–Crippen LogP) is 0.630. The minimum Gasteiger partial charge on any atom is -0.387 e. The fourth-order valence-corrected chi connectivity index (χ4v) is 2.76. The summed E-state index contributed by atoms with van der Waals surface area (Å²) in [4.78, 5) is 0.237. The van der Waals surface area contributed by atoms with E-state index in [1.165, 1.54) is 18.4 Å². The van der Waals surface area contributed by atoms with Gasteiger partial charge >= 0.3 is 0 Å². The highest BCUT2D eigenvalue weighted by atomic mass is 32.2. The summed E-state index contributed by atoms with van der Waals surface area (Å²) in [6.45, 7) is 2.00. The van der Waals surface area contributed by atoms with Crippen LogP contribution in [0.15, 0.2) is 35.4 Å². The molecule has 1 atom stereocenters. The molecule has 1 N–H and O–H groups in total. The van der Waals surface area contributed by atoms with Crippen molar-refractivity contribution in [1.82, 2.24) is 19.3 Å². The molecule has 1 aromatic heterocycles. The first-order valence-corrected chi connectivity index (χ1v) is 7.84. The number of hydrogen-bond donors (Lipinski definition) is 1. The van der Waals surface area contributed by atoms with Crippen molar-refractivity contribution in [1.29, 1.82) is 0 Å². The summed E-state index contributed by atoms with van der Waals surface area (Å²) in [6, 6.07) is 6.68. The van der Waals surface area contributed by atoms with Crippen LogP contribution in [0.1, 0.15) is 24.3 Å². The molecule has 0 saturated carbocycles. The van der Waals surface area contributed by atoms with E-state index >= 15 is 0 Å². The van der Waals surface area contributed by atoms with E-state index < -0.39 is 16.1 Å². The highest BCUT2D eigenvalue weighted by Gasteiger charge is 2.17. The van der Waals surface area contributed by atoms with E-state index in [-0.39, 0.29) is 4.90 Å². The lowest BCUT2D eigenvalue weighted by molar-refractivity contribution is 0.194. The molecule has 0 saturated heterocycles. The number of hydrogen-bond acceptors (Lipinski definition) is 5. The second-order valence-electron chi connectivity index (χ2n) is 4.95. The van der Waals surface area contributed by atoms with Crippen LogP contribution in [-0.4, -0.2) is 46.9 Å². The third-order valence-electron chi connectivity index (χ3n) is 3.01. The van der Waals surface area contributed by atoms with E-state index in [4.69, 9.17) is 0 Å². The topological polar surface area (TPSA) is 88.3 Å². The summed E-state index contributed by atoms with van der Waals surface area (Å²) in [7, 11) is -0.463.